The Morgan fingerprint density at radius 3 is 1.65 bits per heavy atom. The summed E-state index contributed by atoms with van der Waals surface area (Å²) in [4.78, 5) is 11.6. The third-order valence-corrected chi connectivity index (χ3v) is 3.89. The van der Waals surface area contributed by atoms with Crippen molar-refractivity contribution in [3.05, 3.63) is 0 Å². The second-order valence-corrected chi connectivity index (χ2v) is 7.40. The van der Waals surface area contributed by atoms with Crippen LogP contribution in [0.4, 0.5) is 0 Å². The van der Waals surface area contributed by atoms with Gasteiger partial charge in [-0.25, -0.2) is 0 Å². The predicted octanol–water partition coefficient (Wildman–Crippen LogP) is 5.41. The fourth-order valence-corrected chi connectivity index (χ4v) is 2.31. The van der Waals surface area contributed by atoms with Crippen LogP contribution in [0.3, 0.4) is 0 Å². The normalized spacial score (nSPS) is 11.6. The first-order chi connectivity index (χ1) is 11.0. The minimum atomic E-state index is 0.410. The summed E-state index contributed by atoms with van der Waals surface area (Å²) >= 11 is 0. The molecule has 0 spiro atoms. The monoisotopic (exact) mass is 328 g/mol. The Morgan fingerprint density at radius 1 is 0.652 bits per heavy atom. The lowest BCUT2D eigenvalue weighted by atomic mass is 10.0. The van der Waals surface area contributed by atoms with Crippen LogP contribution < -0.4 is 0 Å². The van der Waals surface area contributed by atoms with E-state index in [1.165, 1.54) is 12.8 Å². The van der Waals surface area contributed by atoms with E-state index in [0.29, 0.717) is 11.7 Å². The second-order valence-electron chi connectivity index (χ2n) is 7.40. The van der Waals surface area contributed by atoms with Gasteiger partial charge in [-0.15, -0.1) is 0 Å². The summed E-state index contributed by atoms with van der Waals surface area (Å²) in [7, 11) is 0. The summed E-state index contributed by atoms with van der Waals surface area (Å²) in [5.41, 5.74) is 0. The van der Waals surface area contributed by atoms with Gasteiger partial charge in [0, 0.05) is 39.3 Å². The molecule has 3 heteroatoms. The van der Waals surface area contributed by atoms with Gasteiger partial charge in [0.1, 0.15) is 5.78 Å². The summed E-state index contributed by atoms with van der Waals surface area (Å²) in [5.74, 6) is 1.81. The van der Waals surface area contributed by atoms with Crippen molar-refractivity contribution >= 4 is 5.78 Å². The third kappa shape index (κ3) is 19.5. The van der Waals surface area contributed by atoms with E-state index in [-0.39, 0.29) is 0 Å². The Hall–Kier alpha value is -0.410. The molecule has 23 heavy (non-hydrogen) atoms. The first kappa shape index (κ1) is 22.6. The number of Topliss-reactive ketones (excluding diaryl/α,β-unsaturated/α-hetero) is 1. The van der Waals surface area contributed by atoms with Gasteiger partial charge in [0.05, 0.1) is 0 Å². The molecule has 0 amide bonds. The van der Waals surface area contributed by atoms with E-state index in [2.05, 4.69) is 27.7 Å². The van der Waals surface area contributed by atoms with E-state index in [1.54, 1.807) is 0 Å². The van der Waals surface area contributed by atoms with Crippen molar-refractivity contribution < 1.29 is 14.3 Å². The maximum atomic E-state index is 11.6. The smallest absolute Gasteiger partial charge is 0.132 e. The molecule has 3 nitrogen and oxygen atoms in total. The van der Waals surface area contributed by atoms with Crippen LogP contribution in [0.25, 0.3) is 0 Å². The molecule has 0 saturated carbocycles. The number of hydrogen-bond donors (Lipinski definition) is 0. The van der Waals surface area contributed by atoms with E-state index < -0.39 is 0 Å². The Kier molecular flexibility index (Phi) is 16.2. The van der Waals surface area contributed by atoms with E-state index >= 15 is 0 Å². The molecular weight excluding hydrogens is 288 g/mol. The number of ketones is 1. The summed E-state index contributed by atoms with van der Waals surface area (Å²) in [5, 5.41) is 0. The maximum absolute atomic E-state index is 11.6. The van der Waals surface area contributed by atoms with E-state index in [4.69, 9.17) is 9.47 Å². The Labute approximate surface area is 144 Å². The number of carbonyl (C=O) groups is 1. The molecule has 0 saturated heterocycles. The number of unbranched alkanes of at least 4 members (excludes halogenated alkanes) is 2. The fraction of sp³-hybridized carbons (Fsp3) is 0.950. The molecule has 0 N–H and O–H groups in total. The largest absolute Gasteiger partial charge is 0.381 e. The Balaban J connectivity index is 3.12. The molecule has 138 valence electrons. The molecule has 0 aromatic rings. The summed E-state index contributed by atoms with van der Waals surface area (Å²) < 4.78 is 11.2. The van der Waals surface area contributed by atoms with Crippen LogP contribution in [0.2, 0.25) is 0 Å². The average molecular weight is 329 g/mol. The Bertz CT molecular complexity index is 262. The number of carbonyl (C=O) groups excluding carboxylic acids is 1. The molecule has 0 aromatic carbocycles. The van der Waals surface area contributed by atoms with Gasteiger partial charge in [-0.3, -0.25) is 4.79 Å². The van der Waals surface area contributed by atoms with E-state index in [0.717, 1.165) is 77.3 Å². The minimum absolute atomic E-state index is 0.410. The standard InChI is InChI=1S/C20H40O3/c1-18(2)10-9-17-23-16-8-7-15-22-14-6-5-11-20(21)13-12-19(3)4/h18-19H,5-17H2,1-4H3. The molecule has 0 aliphatic rings. The zero-order chi connectivity index (χ0) is 17.3. The van der Waals surface area contributed by atoms with Gasteiger partial charge >= 0.3 is 0 Å². The highest BCUT2D eigenvalue weighted by Gasteiger charge is 2.03. The zero-order valence-electron chi connectivity index (χ0n) is 16.1. The van der Waals surface area contributed by atoms with Crippen molar-refractivity contribution in [2.24, 2.45) is 11.8 Å². The molecule has 0 aliphatic heterocycles. The van der Waals surface area contributed by atoms with Crippen LogP contribution in [0.15, 0.2) is 0 Å². The van der Waals surface area contributed by atoms with Gasteiger partial charge in [0.25, 0.3) is 0 Å². The molecule has 0 radical (unpaired) electrons. The lowest BCUT2D eigenvalue weighted by Gasteiger charge is -2.07. The first-order valence-corrected chi connectivity index (χ1v) is 9.69. The molecule has 0 aromatic heterocycles. The average Bonchev–Trinajstić information content (AvgIpc) is 2.49. The molecule has 0 aliphatic carbocycles. The highest BCUT2D eigenvalue weighted by atomic mass is 16.5. The van der Waals surface area contributed by atoms with E-state index in [9.17, 15) is 4.79 Å². The SMILES string of the molecule is CC(C)CCCOCCCCOCCCCC(=O)CCC(C)C. The molecule has 0 rings (SSSR count). The van der Waals surface area contributed by atoms with Gasteiger partial charge in [-0.2, -0.15) is 0 Å². The molecule has 0 unspecified atom stereocenters. The number of rotatable bonds is 17. The molecular formula is C20H40O3. The lowest BCUT2D eigenvalue weighted by Crippen LogP contribution is -2.03. The van der Waals surface area contributed by atoms with Crippen molar-refractivity contribution in [1.82, 2.24) is 0 Å². The van der Waals surface area contributed by atoms with Crippen LogP contribution in [0.1, 0.15) is 85.5 Å². The van der Waals surface area contributed by atoms with Crippen molar-refractivity contribution in [3.8, 4) is 0 Å². The van der Waals surface area contributed by atoms with Crippen LogP contribution in [-0.4, -0.2) is 32.2 Å². The van der Waals surface area contributed by atoms with Crippen LogP contribution >= 0.6 is 0 Å². The quantitative estimate of drug-likeness (QED) is 0.335. The highest BCUT2D eigenvalue weighted by Crippen LogP contribution is 2.08. The first-order valence-electron chi connectivity index (χ1n) is 9.69. The second kappa shape index (κ2) is 16.4. The number of ether oxygens (including phenoxy) is 2. The summed E-state index contributed by atoms with van der Waals surface area (Å²) in [6.45, 7) is 12.2. The van der Waals surface area contributed by atoms with Crippen LogP contribution in [0, 0.1) is 11.8 Å². The van der Waals surface area contributed by atoms with Gasteiger partial charge in [-0.1, -0.05) is 27.7 Å². The van der Waals surface area contributed by atoms with Gasteiger partial charge in [0.15, 0.2) is 0 Å². The number of hydrogen-bond acceptors (Lipinski definition) is 3. The molecule has 0 heterocycles. The van der Waals surface area contributed by atoms with E-state index in [1.807, 2.05) is 0 Å². The fourth-order valence-electron chi connectivity index (χ4n) is 2.31. The van der Waals surface area contributed by atoms with Gasteiger partial charge in [0.2, 0.25) is 0 Å². The van der Waals surface area contributed by atoms with Crippen molar-refractivity contribution in [1.29, 1.82) is 0 Å². The predicted molar refractivity (Wildman–Crippen MR) is 97.9 cm³/mol. The van der Waals surface area contributed by atoms with Gasteiger partial charge in [-0.05, 0) is 56.8 Å². The molecule has 0 fully saturated rings. The van der Waals surface area contributed by atoms with Crippen molar-refractivity contribution in [2.75, 3.05) is 26.4 Å². The molecule has 0 atom stereocenters. The highest BCUT2D eigenvalue weighted by molar-refractivity contribution is 5.78. The third-order valence-electron chi connectivity index (χ3n) is 3.89. The minimum Gasteiger partial charge on any atom is -0.381 e. The summed E-state index contributed by atoms with van der Waals surface area (Å²) in [6.07, 6.45) is 9.03. The maximum Gasteiger partial charge on any atom is 0.132 e. The van der Waals surface area contributed by atoms with Crippen LogP contribution in [-0.2, 0) is 14.3 Å². The summed E-state index contributed by atoms with van der Waals surface area (Å²) in [6, 6.07) is 0. The molecule has 0 bridgehead atoms. The lowest BCUT2D eigenvalue weighted by molar-refractivity contribution is -0.119. The van der Waals surface area contributed by atoms with Crippen molar-refractivity contribution in [3.63, 3.8) is 0 Å². The van der Waals surface area contributed by atoms with Crippen LogP contribution in [0.5, 0.6) is 0 Å². The van der Waals surface area contributed by atoms with Crippen molar-refractivity contribution in [2.45, 2.75) is 85.5 Å². The van der Waals surface area contributed by atoms with Gasteiger partial charge < -0.3 is 9.47 Å². The Morgan fingerprint density at radius 2 is 1.13 bits per heavy atom. The topological polar surface area (TPSA) is 35.5 Å². The zero-order valence-corrected chi connectivity index (χ0v) is 16.1.